The summed E-state index contributed by atoms with van der Waals surface area (Å²) in [6.07, 6.45) is 0. The summed E-state index contributed by atoms with van der Waals surface area (Å²) in [4.78, 5) is 27.2. The Bertz CT molecular complexity index is 1210. The summed E-state index contributed by atoms with van der Waals surface area (Å²) in [7, 11) is 1.57. The molecule has 134 valence electrons. The molecule has 8 heteroatoms. The predicted octanol–water partition coefficient (Wildman–Crippen LogP) is 4.50. The zero-order chi connectivity index (χ0) is 19.0. The monoisotopic (exact) mass is 380 g/mol. The highest BCUT2D eigenvalue weighted by Gasteiger charge is 2.14. The third kappa shape index (κ3) is 3.18. The molecule has 2 heterocycles. The first kappa shape index (κ1) is 16.9. The van der Waals surface area contributed by atoms with E-state index >= 15 is 0 Å². The lowest BCUT2D eigenvalue weighted by Crippen LogP contribution is -2.03. The van der Waals surface area contributed by atoms with E-state index in [0.29, 0.717) is 27.6 Å². The molecular weight excluding hydrogens is 368 g/mol. The van der Waals surface area contributed by atoms with Crippen LogP contribution in [0.4, 0.5) is 5.69 Å². The molecule has 4 rings (SSSR count). The van der Waals surface area contributed by atoms with Crippen molar-refractivity contribution in [1.82, 2.24) is 4.98 Å². The molecule has 0 amide bonds. The van der Waals surface area contributed by atoms with Gasteiger partial charge in [-0.2, -0.15) is 0 Å². The second kappa shape index (κ2) is 6.65. The van der Waals surface area contributed by atoms with Gasteiger partial charge in [0, 0.05) is 28.5 Å². The van der Waals surface area contributed by atoms with Gasteiger partial charge >= 0.3 is 5.63 Å². The van der Waals surface area contributed by atoms with Crippen molar-refractivity contribution in [2.45, 2.75) is 0 Å². The van der Waals surface area contributed by atoms with Crippen LogP contribution in [-0.4, -0.2) is 17.0 Å². The third-order valence-electron chi connectivity index (χ3n) is 4.04. The van der Waals surface area contributed by atoms with Gasteiger partial charge in [-0.1, -0.05) is 0 Å². The van der Waals surface area contributed by atoms with Crippen molar-refractivity contribution in [2.24, 2.45) is 0 Å². The molecule has 0 fully saturated rings. The number of ether oxygens (including phenoxy) is 1. The fourth-order valence-corrected chi connectivity index (χ4v) is 3.49. The van der Waals surface area contributed by atoms with Crippen LogP contribution in [-0.2, 0) is 0 Å². The van der Waals surface area contributed by atoms with Crippen LogP contribution in [0.15, 0.2) is 63.1 Å². The Hall–Kier alpha value is -3.52. The van der Waals surface area contributed by atoms with Crippen LogP contribution >= 0.6 is 11.3 Å². The molecule has 27 heavy (non-hydrogen) atoms. The average Bonchev–Trinajstić information content (AvgIpc) is 3.17. The van der Waals surface area contributed by atoms with Gasteiger partial charge in [0.1, 0.15) is 16.3 Å². The topological polar surface area (TPSA) is 95.5 Å². The summed E-state index contributed by atoms with van der Waals surface area (Å²) in [5, 5.41) is 13.9. The number of nitrogens with zero attached hydrogens (tertiary/aromatic N) is 2. The quantitative estimate of drug-likeness (QED) is 0.294. The summed E-state index contributed by atoms with van der Waals surface area (Å²) in [5.41, 5.74) is 1.58. The van der Waals surface area contributed by atoms with Gasteiger partial charge in [0.05, 0.1) is 23.3 Å². The number of thiazole rings is 1. The lowest BCUT2D eigenvalue weighted by molar-refractivity contribution is -0.384. The van der Waals surface area contributed by atoms with Gasteiger partial charge in [-0.25, -0.2) is 9.78 Å². The Labute approximate surface area is 156 Å². The Morgan fingerprint density at radius 2 is 1.93 bits per heavy atom. The summed E-state index contributed by atoms with van der Waals surface area (Å²) in [5.74, 6) is 0.659. The molecule has 0 saturated carbocycles. The van der Waals surface area contributed by atoms with Crippen molar-refractivity contribution in [2.75, 3.05) is 7.11 Å². The van der Waals surface area contributed by atoms with Crippen LogP contribution in [0.1, 0.15) is 0 Å². The van der Waals surface area contributed by atoms with Gasteiger partial charge in [-0.05, 0) is 36.4 Å². The van der Waals surface area contributed by atoms with Gasteiger partial charge in [0.25, 0.3) is 5.69 Å². The smallest absolute Gasteiger partial charge is 0.345 e. The van der Waals surface area contributed by atoms with Crippen molar-refractivity contribution in [3.05, 3.63) is 74.4 Å². The largest absolute Gasteiger partial charge is 0.497 e. The van der Waals surface area contributed by atoms with E-state index in [0.717, 1.165) is 10.9 Å². The Morgan fingerprint density at radius 1 is 1.15 bits per heavy atom. The van der Waals surface area contributed by atoms with Gasteiger partial charge in [-0.15, -0.1) is 11.3 Å². The highest BCUT2D eigenvalue weighted by molar-refractivity contribution is 7.13. The van der Waals surface area contributed by atoms with Gasteiger partial charge in [0.2, 0.25) is 0 Å². The molecule has 0 atom stereocenters. The van der Waals surface area contributed by atoms with Crippen LogP contribution in [0, 0.1) is 10.1 Å². The van der Waals surface area contributed by atoms with E-state index in [9.17, 15) is 14.9 Å². The van der Waals surface area contributed by atoms with E-state index < -0.39 is 10.5 Å². The minimum absolute atomic E-state index is 0.0136. The molecule has 0 bridgehead atoms. The lowest BCUT2D eigenvalue weighted by atomic mass is 10.1. The van der Waals surface area contributed by atoms with E-state index in [1.54, 1.807) is 48.9 Å². The highest BCUT2D eigenvalue weighted by atomic mass is 32.1. The summed E-state index contributed by atoms with van der Waals surface area (Å²) < 4.78 is 10.6. The van der Waals surface area contributed by atoms with Crippen LogP contribution in [0.2, 0.25) is 0 Å². The van der Waals surface area contributed by atoms with Crippen molar-refractivity contribution in [3.8, 4) is 27.6 Å². The van der Waals surface area contributed by atoms with Crippen molar-refractivity contribution in [1.29, 1.82) is 0 Å². The van der Waals surface area contributed by atoms with Crippen LogP contribution < -0.4 is 10.4 Å². The summed E-state index contributed by atoms with van der Waals surface area (Å²) in [6.45, 7) is 0. The molecule has 0 saturated heterocycles. The molecule has 0 N–H and O–H groups in total. The number of aromatic nitrogens is 1. The zero-order valence-electron chi connectivity index (χ0n) is 14.0. The minimum Gasteiger partial charge on any atom is -0.497 e. The number of fused-ring (bicyclic) bond motifs is 1. The Morgan fingerprint density at radius 3 is 2.63 bits per heavy atom. The van der Waals surface area contributed by atoms with Gasteiger partial charge < -0.3 is 9.15 Å². The number of hydrogen-bond acceptors (Lipinski definition) is 7. The average molecular weight is 380 g/mol. The van der Waals surface area contributed by atoms with Crippen molar-refractivity contribution < 1.29 is 14.1 Å². The molecule has 0 aliphatic heterocycles. The molecule has 0 radical (unpaired) electrons. The second-order valence-electron chi connectivity index (χ2n) is 5.69. The maximum absolute atomic E-state index is 12.3. The van der Waals surface area contributed by atoms with Gasteiger partial charge in [0.15, 0.2) is 0 Å². The molecule has 2 aromatic heterocycles. The first-order valence-electron chi connectivity index (χ1n) is 7.88. The molecule has 0 spiro atoms. The fraction of sp³-hybridized carbons (Fsp3) is 0.0526. The number of non-ortho nitro benzene ring substituents is 1. The standard InChI is InChI=1S/C19H12N2O5S/c1-25-14-6-7-17-12(8-14)9-15(19(22)26-17)16-10-27-18(20-16)11-2-4-13(5-3-11)21(23)24/h2-10H,1H3. The fourth-order valence-electron chi connectivity index (χ4n) is 2.66. The first-order valence-corrected chi connectivity index (χ1v) is 8.76. The van der Waals surface area contributed by atoms with Gasteiger partial charge in [-0.3, -0.25) is 10.1 Å². The Balaban J connectivity index is 1.75. The number of methoxy groups -OCH3 is 1. The van der Waals surface area contributed by atoms with Crippen molar-refractivity contribution >= 4 is 28.0 Å². The molecule has 0 aliphatic carbocycles. The minimum atomic E-state index is -0.479. The second-order valence-corrected chi connectivity index (χ2v) is 6.55. The van der Waals surface area contributed by atoms with E-state index in [2.05, 4.69) is 4.98 Å². The zero-order valence-corrected chi connectivity index (χ0v) is 14.9. The maximum atomic E-state index is 12.3. The first-order chi connectivity index (χ1) is 13.0. The number of rotatable bonds is 4. The van der Waals surface area contributed by atoms with Crippen LogP contribution in [0.25, 0.3) is 32.8 Å². The van der Waals surface area contributed by atoms with Crippen LogP contribution in [0.5, 0.6) is 5.75 Å². The van der Waals surface area contributed by atoms with Crippen molar-refractivity contribution in [3.63, 3.8) is 0 Å². The predicted molar refractivity (Wildman–Crippen MR) is 102 cm³/mol. The molecule has 0 unspecified atom stereocenters. The number of nitro benzene ring substituents is 1. The summed E-state index contributed by atoms with van der Waals surface area (Å²) in [6, 6.07) is 13.0. The number of nitro groups is 1. The molecule has 7 nitrogen and oxygen atoms in total. The number of benzene rings is 2. The molecule has 2 aromatic carbocycles. The van der Waals surface area contributed by atoms with E-state index in [1.807, 2.05) is 0 Å². The van der Waals surface area contributed by atoms with E-state index in [4.69, 9.17) is 9.15 Å². The lowest BCUT2D eigenvalue weighted by Gasteiger charge is -2.03. The number of hydrogen-bond donors (Lipinski definition) is 0. The summed E-state index contributed by atoms with van der Waals surface area (Å²) >= 11 is 1.35. The maximum Gasteiger partial charge on any atom is 0.345 e. The van der Waals surface area contributed by atoms with E-state index in [1.165, 1.54) is 23.5 Å². The van der Waals surface area contributed by atoms with Crippen LogP contribution in [0.3, 0.4) is 0 Å². The SMILES string of the molecule is COc1ccc2oc(=O)c(-c3csc(-c4ccc([N+](=O)[O-])cc4)n3)cc2c1. The normalized spacial score (nSPS) is 10.9. The molecular formula is C19H12N2O5S. The highest BCUT2D eigenvalue weighted by Crippen LogP contribution is 2.30. The third-order valence-corrected chi connectivity index (χ3v) is 4.94. The molecule has 4 aromatic rings. The van der Waals surface area contributed by atoms with E-state index in [-0.39, 0.29) is 5.69 Å². The molecule has 0 aliphatic rings. The Kier molecular flexibility index (Phi) is 4.17.